The lowest BCUT2D eigenvalue weighted by Gasteiger charge is -2.17. The first-order chi connectivity index (χ1) is 7.05. The Bertz CT molecular complexity index is 451. The minimum absolute atomic E-state index is 0.00579. The Hall–Kier alpha value is -0.730. The summed E-state index contributed by atoms with van der Waals surface area (Å²) >= 11 is 0.909. The van der Waals surface area contributed by atoms with Gasteiger partial charge in [0.15, 0.2) is 0 Å². The predicted octanol–water partition coefficient (Wildman–Crippen LogP) is 0.293. The third-order valence-corrected chi connectivity index (χ3v) is 5.34. The van der Waals surface area contributed by atoms with Gasteiger partial charge in [0, 0.05) is 12.6 Å². The lowest BCUT2D eigenvalue weighted by molar-refractivity contribution is 0.420. The van der Waals surface area contributed by atoms with Crippen molar-refractivity contribution >= 4 is 26.5 Å². The van der Waals surface area contributed by atoms with Gasteiger partial charge in [-0.05, 0) is 12.8 Å². The van der Waals surface area contributed by atoms with Crippen LogP contribution in [-0.4, -0.2) is 35.5 Å². The van der Waals surface area contributed by atoms with Crippen LogP contribution < -0.4 is 5.73 Å². The highest BCUT2D eigenvalue weighted by Crippen LogP contribution is 2.32. The summed E-state index contributed by atoms with van der Waals surface area (Å²) < 4.78 is 25.5. The molecule has 0 aromatic carbocycles. The summed E-state index contributed by atoms with van der Waals surface area (Å²) in [6, 6.07) is 0.144. The number of anilines is 1. The molecule has 15 heavy (non-hydrogen) atoms. The van der Waals surface area contributed by atoms with Crippen molar-refractivity contribution in [2.45, 2.75) is 30.1 Å². The highest BCUT2D eigenvalue weighted by molar-refractivity contribution is 7.91. The molecule has 1 aromatic rings. The normalized spacial score (nSPS) is 17.2. The van der Waals surface area contributed by atoms with E-state index in [0.717, 1.165) is 24.2 Å². The van der Waals surface area contributed by atoms with Crippen LogP contribution in [0.2, 0.25) is 0 Å². The molecule has 0 aliphatic heterocycles. The second-order valence-corrected chi connectivity index (χ2v) is 6.42. The summed E-state index contributed by atoms with van der Waals surface area (Å²) in [5, 5.41) is 7.28. The minimum atomic E-state index is -3.47. The Morgan fingerprint density at radius 2 is 2.20 bits per heavy atom. The van der Waals surface area contributed by atoms with Crippen molar-refractivity contribution in [1.29, 1.82) is 0 Å². The topological polar surface area (TPSA) is 89.2 Å². The molecule has 2 N–H and O–H groups in total. The van der Waals surface area contributed by atoms with Gasteiger partial charge < -0.3 is 5.73 Å². The highest BCUT2D eigenvalue weighted by atomic mass is 32.2. The van der Waals surface area contributed by atoms with Gasteiger partial charge in [0.05, 0.1) is 0 Å². The monoisotopic (exact) mass is 248 g/mol. The van der Waals surface area contributed by atoms with Crippen molar-refractivity contribution < 1.29 is 8.42 Å². The molecule has 1 aliphatic rings. The molecule has 2 rings (SSSR count). The molecule has 0 radical (unpaired) electrons. The van der Waals surface area contributed by atoms with E-state index in [1.165, 1.54) is 4.31 Å². The Morgan fingerprint density at radius 1 is 1.53 bits per heavy atom. The number of aromatic nitrogens is 2. The van der Waals surface area contributed by atoms with E-state index in [-0.39, 0.29) is 15.5 Å². The summed E-state index contributed by atoms with van der Waals surface area (Å²) in [4.78, 5) is 0. The Labute approximate surface area is 92.2 Å². The van der Waals surface area contributed by atoms with Crippen LogP contribution in [0.25, 0.3) is 0 Å². The fraction of sp³-hybridized carbons (Fsp3) is 0.714. The fourth-order valence-corrected chi connectivity index (χ4v) is 4.01. The zero-order valence-corrected chi connectivity index (χ0v) is 9.88. The zero-order valence-electron chi connectivity index (χ0n) is 8.25. The first-order valence-corrected chi connectivity index (χ1v) is 6.92. The Morgan fingerprint density at radius 3 is 2.60 bits per heavy atom. The number of hydrogen-bond donors (Lipinski definition) is 1. The van der Waals surface area contributed by atoms with Crippen molar-refractivity contribution in [1.82, 2.24) is 14.5 Å². The second kappa shape index (κ2) is 3.69. The van der Waals surface area contributed by atoms with Crippen LogP contribution in [0.1, 0.15) is 19.8 Å². The molecule has 6 nitrogen and oxygen atoms in total. The Kier molecular flexibility index (Phi) is 2.65. The smallest absolute Gasteiger partial charge is 0.272 e. The average Bonchev–Trinajstić information content (AvgIpc) is 2.88. The molecule has 1 aromatic heterocycles. The van der Waals surface area contributed by atoms with E-state index in [4.69, 9.17) is 5.73 Å². The Balaban J connectivity index is 2.32. The maximum Gasteiger partial charge on any atom is 0.272 e. The van der Waals surface area contributed by atoms with Crippen molar-refractivity contribution in [3.8, 4) is 0 Å². The number of hydrogen-bond acceptors (Lipinski definition) is 6. The molecule has 84 valence electrons. The molecular weight excluding hydrogens is 236 g/mol. The summed E-state index contributed by atoms with van der Waals surface area (Å²) in [7, 11) is -3.47. The van der Waals surface area contributed by atoms with E-state index in [1.807, 2.05) is 6.92 Å². The summed E-state index contributed by atoms with van der Waals surface area (Å²) in [5.41, 5.74) is 5.37. The molecule has 1 heterocycles. The van der Waals surface area contributed by atoms with Crippen LogP contribution >= 0.6 is 11.3 Å². The largest absolute Gasteiger partial charge is 0.374 e. The third-order valence-electron chi connectivity index (χ3n) is 2.22. The minimum Gasteiger partial charge on any atom is -0.374 e. The molecule has 0 bridgehead atoms. The van der Waals surface area contributed by atoms with Crippen molar-refractivity contribution in [3.05, 3.63) is 0 Å². The van der Waals surface area contributed by atoms with Gasteiger partial charge in [-0.1, -0.05) is 18.3 Å². The van der Waals surface area contributed by atoms with E-state index in [2.05, 4.69) is 10.2 Å². The molecule has 0 atom stereocenters. The van der Waals surface area contributed by atoms with Gasteiger partial charge in [-0.25, -0.2) is 8.42 Å². The van der Waals surface area contributed by atoms with Gasteiger partial charge in [0.25, 0.3) is 10.0 Å². The lowest BCUT2D eigenvalue weighted by atomic mass is 10.6. The SMILES string of the molecule is CCN(C1CC1)S(=O)(=O)c1nnc(N)s1. The number of rotatable bonds is 4. The maximum atomic E-state index is 12.0. The van der Waals surface area contributed by atoms with E-state index < -0.39 is 10.0 Å². The van der Waals surface area contributed by atoms with E-state index >= 15 is 0 Å². The molecule has 0 unspecified atom stereocenters. The van der Waals surface area contributed by atoms with Gasteiger partial charge in [0.1, 0.15) is 0 Å². The first-order valence-electron chi connectivity index (χ1n) is 4.66. The van der Waals surface area contributed by atoms with Gasteiger partial charge in [-0.3, -0.25) is 0 Å². The van der Waals surface area contributed by atoms with Crippen LogP contribution in [-0.2, 0) is 10.0 Å². The molecule has 1 saturated carbocycles. The van der Waals surface area contributed by atoms with Gasteiger partial charge in [-0.15, -0.1) is 10.2 Å². The van der Waals surface area contributed by atoms with Crippen LogP contribution in [0, 0.1) is 0 Å². The fourth-order valence-electron chi connectivity index (χ4n) is 1.41. The number of sulfonamides is 1. The molecule has 8 heteroatoms. The van der Waals surface area contributed by atoms with Crippen LogP contribution in [0.3, 0.4) is 0 Å². The first kappa shape index (κ1) is 10.8. The van der Waals surface area contributed by atoms with Gasteiger partial charge in [0.2, 0.25) is 9.47 Å². The van der Waals surface area contributed by atoms with Crippen LogP contribution in [0.5, 0.6) is 0 Å². The quantitative estimate of drug-likeness (QED) is 0.827. The van der Waals surface area contributed by atoms with E-state index in [9.17, 15) is 8.42 Å². The number of nitrogen functional groups attached to an aromatic ring is 1. The van der Waals surface area contributed by atoms with Crippen molar-refractivity contribution in [2.75, 3.05) is 12.3 Å². The average molecular weight is 248 g/mol. The van der Waals surface area contributed by atoms with Gasteiger partial charge >= 0.3 is 0 Å². The zero-order chi connectivity index (χ0) is 11.1. The van der Waals surface area contributed by atoms with Gasteiger partial charge in [-0.2, -0.15) is 4.31 Å². The number of nitrogens with zero attached hydrogens (tertiary/aromatic N) is 3. The third kappa shape index (κ3) is 1.97. The summed E-state index contributed by atoms with van der Waals surface area (Å²) in [6.45, 7) is 2.28. The summed E-state index contributed by atoms with van der Waals surface area (Å²) in [5.74, 6) is 0. The molecule has 1 fully saturated rings. The summed E-state index contributed by atoms with van der Waals surface area (Å²) in [6.07, 6.45) is 1.86. The second-order valence-electron chi connectivity index (χ2n) is 3.35. The lowest BCUT2D eigenvalue weighted by Crippen LogP contribution is -2.32. The molecule has 0 amide bonds. The van der Waals surface area contributed by atoms with Crippen molar-refractivity contribution in [2.24, 2.45) is 0 Å². The van der Waals surface area contributed by atoms with Crippen molar-refractivity contribution in [3.63, 3.8) is 0 Å². The van der Waals surface area contributed by atoms with E-state index in [0.29, 0.717) is 6.54 Å². The van der Waals surface area contributed by atoms with E-state index in [1.54, 1.807) is 0 Å². The number of nitrogens with two attached hydrogens (primary N) is 1. The molecule has 1 aliphatic carbocycles. The standard InChI is InChI=1S/C7H12N4O2S2/c1-2-11(5-3-4-5)15(12,13)7-10-9-6(8)14-7/h5H,2-4H2,1H3,(H2,8,9). The molecule has 0 spiro atoms. The van der Waals surface area contributed by atoms with Crippen LogP contribution in [0.4, 0.5) is 5.13 Å². The highest BCUT2D eigenvalue weighted by Gasteiger charge is 2.38. The van der Waals surface area contributed by atoms with Crippen LogP contribution in [0.15, 0.2) is 4.34 Å². The predicted molar refractivity (Wildman–Crippen MR) is 56.9 cm³/mol. The molecule has 0 saturated heterocycles. The maximum absolute atomic E-state index is 12.0. The molecular formula is C7H12N4O2S2.